The molecular weight excluding hydrogens is 314 g/mol. The minimum Gasteiger partial charge on any atom is -0.346 e. The Kier molecular flexibility index (Phi) is 5.28. The number of amides is 2. The van der Waals surface area contributed by atoms with Crippen molar-refractivity contribution in [2.45, 2.75) is 33.7 Å². The Hall–Kier alpha value is -2.48. The summed E-state index contributed by atoms with van der Waals surface area (Å²) in [6, 6.07) is 1.84. The lowest BCUT2D eigenvalue weighted by Gasteiger charge is -2.06. The van der Waals surface area contributed by atoms with Crippen LogP contribution in [0.5, 0.6) is 0 Å². The Balaban J connectivity index is 2.08. The van der Waals surface area contributed by atoms with E-state index < -0.39 is 11.8 Å². The quantitative estimate of drug-likeness (QED) is 0.505. The highest BCUT2D eigenvalue weighted by molar-refractivity contribution is 7.12. The molecule has 2 heterocycles. The van der Waals surface area contributed by atoms with Crippen molar-refractivity contribution in [3.63, 3.8) is 0 Å². The predicted octanol–water partition coefficient (Wildman–Crippen LogP) is 1.53. The molecule has 2 rings (SSSR count). The van der Waals surface area contributed by atoms with Crippen LogP contribution < -0.4 is 10.7 Å². The summed E-state index contributed by atoms with van der Waals surface area (Å²) in [5, 5.41) is 9.14. The van der Waals surface area contributed by atoms with Gasteiger partial charge in [-0.1, -0.05) is 0 Å². The van der Waals surface area contributed by atoms with E-state index >= 15 is 0 Å². The summed E-state index contributed by atoms with van der Waals surface area (Å²) in [5.41, 5.74) is 5.05. The molecule has 2 aromatic heterocycles. The third kappa shape index (κ3) is 4.04. The maximum atomic E-state index is 11.6. The molecule has 0 unspecified atom stereocenters. The Morgan fingerprint density at radius 1 is 1.35 bits per heavy atom. The van der Waals surface area contributed by atoms with Crippen LogP contribution in [-0.4, -0.2) is 33.6 Å². The first-order valence-electron chi connectivity index (χ1n) is 7.13. The van der Waals surface area contributed by atoms with Crippen LogP contribution in [0, 0.1) is 13.8 Å². The van der Waals surface area contributed by atoms with Gasteiger partial charge in [-0.25, -0.2) is 10.4 Å². The molecule has 0 fully saturated rings. The molecule has 0 bridgehead atoms. The van der Waals surface area contributed by atoms with Gasteiger partial charge in [0.2, 0.25) is 0 Å². The van der Waals surface area contributed by atoms with Crippen LogP contribution in [0.3, 0.4) is 0 Å². The normalized spacial score (nSPS) is 11.2. The van der Waals surface area contributed by atoms with E-state index in [0.717, 1.165) is 22.1 Å². The summed E-state index contributed by atoms with van der Waals surface area (Å²) in [6.45, 7) is 7.48. The van der Waals surface area contributed by atoms with E-state index in [2.05, 4.69) is 20.8 Å². The van der Waals surface area contributed by atoms with Gasteiger partial charge in [0.05, 0.1) is 6.21 Å². The second kappa shape index (κ2) is 7.19. The lowest BCUT2D eigenvalue weighted by Crippen LogP contribution is -2.41. The number of rotatable bonds is 4. The van der Waals surface area contributed by atoms with Gasteiger partial charge in [-0.05, 0) is 33.8 Å². The summed E-state index contributed by atoms with van der Waals surface area (Å²) in [5.74, 6) is -1.49. The van der Waals surface area contributed by atoms with Gasteiger partial charge in [0, 0.05) is 34.6 Å². The number of hydrogen-bond donors (Lipinski definition) is 2. The standard InChI is InChI=1S/C15H19N5O2S/c1-9(2)18-13(21)14(22)19-17-8-12-7-10(3)20(11(12)4)15-16-5-6-23-15/h5-9H,1-4H3,(H,18,21)(H,19,22)/b17-8-. The van der Waals surface area contributed by atoms with Crippen LogP contribution in [0.15, 0.2) is 22.7 Å². The van der Waals surface area contributed by atoms with Crippen molar-refractivity contribution in [3.8, 4) is 5.13 Å². The largest absolute Gasteiger partial charge is 0.346 e. The van der Waals surface area contributed by atoms with Gasteiger partial charge in [0.15, 0.2) is 5.13 Å². The number of nitrogens with zero attached hydrogens (tertiary/aromatic N) is 3. The molecule has 0 aliphatic heterocycles. The van der Waals surface area contributed by atoms with E-state index in [-0.39, 0.29) is 6.04 Å². The molecular formula is C15H19N5O2S. The van der Waals surface area contributed by atoms with E-state index in [9.17, 15) is 9.59 Å². The number of aryl methyl sites for hydroxylation is 1. The summed E-state index contributed by atoms with van der Waals surface area (Å²) in [7, 11) is 0. The smallest absolute Gasteiger partial charge is 0.329 e. The molecule has 0 saturated heterocycles. The minimum atomic E-state index is -0.788. The average molecular weight is 333 g/mol. The number of carbonyl (C=O) groups is 2. The van der Waals surface area contributed by atoms with E-state index in [0.29, 0.717) is 0 Å². The molecule has 0 saturated carbocycles. The maximum Gasteiger partial charge on any atom is 0.329 e. The molecule has 2 amide bonds. The summed E-state index contributed by atoms with van der Waals surface area (Å²) in [6.07, 6.45) is 3.27. The second-order valence-electron chi connectivity index (χ2n) is 5.30. The second-order valence-corrected chi connectivity index (χ2v) is 6.18. The molecule has 0 radical (unpaired) electrons. The Morgan fingerprint density at radius 2 is 2.09 bits per heavy atom. The van der Waals surface area contributed by atoms with Crippen LogP contribution in [0.25, 0.3) is 5.13 Å². The van der Waals surface area contributed by atoms with Gasteiger partial charge in [-0.15, -0.1) is 11.3 Å². The monoisotopic (exact) mass is 333 g/mol. The van der Waals surface area contributed by atoms with Gasteiger partial charge in [-0.2, -0.15) is 5.10 Å². The van der Waals surface area contributed by atoms with Crippen molar-refractivity contribution in [2.75, 3.05) is 0 Å². The number of hydrazone groups is 1. The van der Waals surface area contributed by atoms with Gasteiger partial charge < -0.3 is 5.32 Å². The Morgan fingerprint density at radius 3 is 2.70 bits per heavy atom. The zero-order chi connectivity index (χ0) is 17.0. The maximum absolute atomic E-state index is 11.6. The third-order valence-electron chi connectivity index (χ3n) is 3.08. The SMILES string of the molecule is Cc1cc(/C=N\NC(=O)C(=O)NC(C)C)c(C)n1-c1nccs1. The Bertz CT molecular complexity index is 731. The van der Waals surface area contributed by atoms with Crippen LogP contribution in [0.1, 0.15) is 30.8 Å². The molecule has 0 aliphatic carbocycles. The zero-order valence-corrected chi connectivity index (χ0v) is 14.3. The van der Waals surface area contributed by atoms with E-state index in [1.807, 2.05) is 29.9 Å². The number of nitrogens with one attached hydrogen (secondary N) is 2. The van der Waals surface area contributed by atoms with Crippen molar-refractivity contribution in [1.29, 1.82) is 0 Å². The van der Waals surface area contributed by atoms with Crippen molar-refractivity contribution in [1.82, 2.24) is 20.3 Å². The molecule has 0 spiro atoms. The number of hydrogen-bond acceptors (Lipinski definition) is 5. The fourth-order valence-corrected chi connectivity index (χ4v) is 2.83. The van der Waals surface area contributed by atoms with Crippen LogP contribution in [-0.2, 0) is 9.59 Å². The van der Waals surface area contributed by atoms with Gasteiger partial charge in [0.25, 0.3) is 0 Å². The van der Waals surface area contributed by atoms with Crippen LogP contribution >= 0.6 is 11.3 Å². The number of thiazole rings is 1. The molecule has 0 aliphatic rings. The zero-order valence-electron chi connectivity index (χ0n) is 13.5. The lowest BCUT2D eigenvalue weighted by atomic mass is 10.3. The summed E-state index contributed by atoms with van der Waals surface area (Å²) >= 11 is 1.54. The third-order valence-corrected chi connectivity index (χ3v) is 3.83. The summed E-state index contributed by atoms with van der Waals surface area (Å²) in [4.78, 5) is 27.3. The first-order chi connectivity index (χ1) is 10.9. The number of aromatic nitrogens is 2. The molecule has 0 atom stereocenters. The predicted molar refractivity (Wildman–Crippen MR) is 89.9 cm³/mol. The molecule has 23 heavy (non-hydrogen) atoms. The fourth-order valence-electron chi connectivity index (χ4n) is 2.08. The van der Waals surface area contributed by atoms with Crippen molar-refractivity contribution in [3.05, 3.63) is 34.6 Å². The highest BCUT2D eigenvalue weighted by atomic mass is 32.1. The van der Waals surface area contributed by atoms with E-state index in [4.69, 9.17) is 0 Å². The van der Waals surface area contributed by atoms with E-state index in [1.54, 1.807) is 31.4 Å². The Labute approximate surface area is 138 Å². The molecule has 7 nitrogen and oxygen atoms in total. The topological polar surface area (TPSA) is 88.4 Å². The fraction of sp³-hybridized carbons (Fsp3) is 0.333. The number of carbonyl (C=O) groups excluding carboxylic acids is 2. The van der Waals surface area contributed by atoms with Crippen molar-refractivity contribution in [2.24, 2.45) is 5.10 Å². The van der Waals surface area contributed by atoms with Gasteiger partial charge in [-0.3, -0.25) is 14.2 Å². The first kappa shape index (κ1) is 16.9. The van der Waals surface area contributed by atoms with Gasteiger partial charge >= 0.3 is 11.8 Å². The highest BCUT2D eigenvalue weighted by Gasteiger charge is 2.14. The molecule has 2 N–H and O–H groups in total. The van der Waals surface area contributed by atoms with E-state index in [1.165, 1.54) is 6.21 Å². The minimum absolute atomic E-state index is 0.102. The highest BCUT2D eigenvalue weighted by Crippen LogP contribution is 2.21. The first-order valence-corrected chi connectivity index (χ1v) is 8.00. The molecule has 0 aromatic carbocycles. The molecule has 2 aromatic rings. The van der Waals surface area contributed by atoms with Crippen molar-refractivity contribution < 1.29 is 9.59 Å². The molecule has 8 heteroatoms. The molecule has 122 valence electrons. The van der Waals surface area contributed by atoms with Gasteiger partial charge in [0.1, 0.15) is 0 Å². The van der Waals surface area contributed by atoms with Crippen LogP contribution in [0.2, 0.25) is 0 Å². The van der Waals surface area contributed by atoms with Crippen LogP contribution in [0.4, 0.5) is 0 Å². The summed E-state index contributed by atoms with van der Waals surface area (Å²) < 4.78 is 2.01. The van der Waals surface area contributed by atoms with Crippen molar-refractivity contribution >= 4 is 29.4 Å². The lowest BCUT2D eigenvalue weighted by molar-refractivity contribution is -0.139. The average Bonchev–Trinajstić information content (AvgIpc) is 3.07.